The second-order valence-electron chi connectivity index (χ2n) is 5.63. The van der Waals surface area contributed by atoms with Crippen molar-refractivity contribution >= 4 is 0 Å². The van der Waals surface area contributed by atoms with Crippen LogP contribution in [0.4, 0.5) is 0 Å². The van der Waals surface area contributed by atoms with Crippen molar-refractivity contribution in [2.24, 2.45) is 5.41 Å². The Morgan fingerprint density at radius 1 is 1.13 bits per heavy atom. The molecule has 0 amide bonds. The highest BCUT2D eigenvalue weighted by Crippen LogP contribution is 2.18. The predicted molar refractivity (Wildman–Crippen MR) is 67.2 cm³/mol. The van der Waals surface area contributed by atoms with Gasteiger partial charge in [-0.15, -0.1) is 0 Å². The first-order chi connectivity index (χ1) is 7.14. The Kier molecular flexibility index (Phi) is 5.62. The van der Waals surface area contributed by atoms with E-state index in [-0.39, 0.29) is 0 Å². The van der Waals surface area contributed by atoms with Crippen molar-refractivity contribution in [3.8, 4) is 0 Å². The van der Waals surface area contributed by atoms with Crippen LogP contribution in [-0.4, -0.2) is 25.7 Å². The summed E-state index contributed by atoms with van der Waals surface area (Å²) in [6.07, 6.45) is 6.87. The maximum absolute atomic E-state index is 3.62. The van der Waals surface area contributed by atoms with E-state index in [1.807, 2.05) is 0 Å². The molecule has 90 valence electrons. The van der Waals surface area contributed by atoms with Crippen molar-refractivity contribution in [2.75, 3.05) is 19.6 Å². The van der Waals surface area contributed by atoms with Gasteiger partial charge in [-0.05, 0) is 24.7 Å². The summed E-state index contributed by atoms with van der Waals surface area (Å²) in [5.41, 5.74) is 0.452. The number of hydrogen-bond donors (Lipinski definition) is 2. The lowest BCUT2D eigenvalue weighted by molar-refractivity contribution is 0.327. The molecule has 1 rings (SSSR count). The highest BCUT2D eigenvalue weighted by atomic mass is 15.0. The third-order valence-corrected chi connectivity index (χ3v) is 3.65. The van der Waals surface area contributed by atoms with Crippen LogP contribution < -0.4 is 10.6 Å². The van der Waals surface area contributed by atoms with Crippen molar-refractivity contribution in [3.63, 3.8) is 0 Å². The minimum Gasteiger partial charge on any atom is -0.315 e. The van der Waals surface area contributed by atoms with E-state index in [0.717, 1.165) is 25.7 Å². The van der Waals surface area contributed by atoms with Crippen molar-refractivity contribution < 1.29 is 0 Å². The topological polar surface area (TPSA) is 24.1 Å². The standard InChI is InChI=1S/C13H28N2/c1-4-13(2,3)11-14-9-10-15-12-7-5-6-8-12/h12,14-15H,4-11H2,1-3H3. The molecule has 0 saturated heterocycles. The smallest absolute Gasteiger partial charge is 0.00793 e. The van der Waals surface area contributed by atoms with Crippen LogP contribution in [0.2, 0.25) is 0 Å². The molecule has 0 aliphatic heterocycles. The largest absolute Gasteiger partial charge is 0.315 e. The lowest BCUT2D eigenvalue weighted by atomic mass is 9.90. The van der Waals surface area contributed by atoms with Gasteiger partial charge in [0.15, 0.2) is 0 Å². The van der Waals surface area contributed by atoms with Gasteiger partial charge in [0.1, 0.15) is 0 Å². The van der Waals surface area contributed by atoms with Gasteiger partial charge in [0.05, 0.1) is 0 Å². The Hall–Kier alpha value is -0.0800. The van der Waals surface area contributed by atoms with Crippen LogP contribution in [0.3, 0.4) is 0 Å². The van der Waals surface area contributed by atoms with E-state index >= 15 is 0 Å². The summed E-state index contributed by atoms with van der Waals surface area (Å²) in [5, 5.41) is 7.16. The van der Waals surface area contributed by atoms with E-state index in [1.165, 1.54) is 32.1 Å². The van der Waals surface area contributed by atoms with Crippen molar-refractivity contribution in [3.05, 3.63) is 0 Å². The monoisotopic (exact) mass is 212 g/mol. The molecule has 0 radical (unpaired) electrons. The minimum absolute atomic E-state index is 0.452. The van der Waals surface area contributed by atoms with E-state index in [4.69, 9.17) is 0 Å². The van der Waals surface area contributed by atoms with Crippen molar-refractivity contribution in [1.29, 1.82) is 0 Å². The Morgan fingerprint density at radius 3 is 2.40 bits per heavy atom. The van der Waals surface area contributed by atoms with Crippen LogP contribution >= 0.6 is 0 Å². The maximum Gasteiger partial charge on any atom is 0.00793 e. The van der Waals surface area contributed by atoms with Crippen LogP contribution in [0.15, 0.2) is 0 Å². The van der Waals surface area contributed by atoms with Crippen LogP contribution in [-0.2, 0) is 0 Å². The normalized spacial score (nSPS) is 18.6. The van der Waals surface area contributed by atoms with Gasteiger partial charge >= 0.3 is 0 Å². The fraction of sp³-hybridized carbons (Fsp3) is 1.00. The first kappa shape index (κ1) is 13.0. The fourth-order valence-electron chi connectivity index (χ4n) is 2.05. The molecule has 0 atom stereocenters. The molecule has 2 heteroatoms. The Balaban J connectivity index is 1.92. The maximum atomic E-state index is 3.62. The summed E-state index contributed by atoms with van der Waals surface area (Å²) in [5.74, 6) is 0. The highest BCUT2D eigenvalue weighted by Gasteiger charge is 2.15. The van der Waals surface area contributed by atoms with Crippen molar-refractivity contribution in [1.82, 2.24) is 10.6 Å². The summed E-state index contributed by atoms with van der Waals surface area (Å²) in [4.78, 5) is 0. The second-order valence-corrected chi connectivity index (χ2v) is 5.63. The zero-order valence-electron chi connectivity index (χ0n) is 10.7. The van der Waals surface area contributed by atoms with Gasteiger partial charge in [-0.2, -0.15) is 0 Å². The molecule has 2 N–H and O–H groups in total. The number of hydrogen-bond acceptors (Lipinski definition) is 2. The first-order valence-electron chi connectivity index (χ1n) is 6.58. The lowest BCUT2D eigenvalue weighted by Crippen LogP contribution is -2.36. The number of nitrogens with one attached hydrogen (secondary N) is 2. The van der Waals surface area contributed by atoms with Gasteiger partial charge in [0, 0.05) is 25.7 Å². The summed E-state index contributed by atoms with van der Waals surface area (Å²) in [6.45, 7) is 10.3. The molecule has 1 aliphatic carbocycles. The third kappa shape index (κ3) is 5.53. The molecule has 0 spiro atoms. The molecular weight excluding hydrogens is 184 g/mol. The first-order valence-corrected chi connectivity index (χ1v) is 6.58. The van der Waals surface area contributed by atoms with Crippen LogP contribution in [0.25, 0.3) is 0 Å². The molecular formula is C13H28N2. The molecule has 0 aromatic rings. The van der Waals surface area contributed by atoms with Crippen molar-refractivity contribution in [2.45, 2.75) is 58.9 Å². The SMILES string of the molecule is CCC(C)(C)CNCCNC1CCCC1. The van der Waals surface area contributed by atoms with Gasteiger partial charge in [-0.25, -0.2) is 0 Å². The van der Waals surface area contributed by atoms with Gasteiger partial charge in [0.25, 0.3) is 0 Å². The van der Waals surface area contributed by atoms with E-state index < -0.39 is 0 Å². The van der Waals surface area contributed by atoms with Crippen LogP contribution in [0.5, 0.6) is 0 Å². The third-order valence-electron chi connectivity index (χ3n) is 3.65. The van der Waals surface area contributed by atoms with Gasteiger partial charge in [-0.3, -0.25) is 0 Å². The summed E-state index contributed by atoms with van der Waals surface area (Å²) >= 11 is 0. The molecule has 1 saturated carbocycles. The summed E-state index contributed by atoms with van der Waals surface area (Å²) < 4.78 is 0. The fourth-order valence-corrected chi connectivity index (χ4v) is 2.05. The molecule has 0 aromatic heterocycles. The average molecular weight is 212 g/mol. The molecule has 0 bridgehead atoms. The molecule has 1 aliphatic rings. The molecule has 2 nitrogen and oxygen atoms in total. The molecule has 15 heavy (non-hydrogen) atoms. The lowest BCUT2D eigenvalue weighted by Gasteiger charge is -2.23. The Bertz CT molecular complexity index is 160. The van der Waals surface area contributed by atoms with E-state index in [2.05, 4.69) is 31.4 Å². The zero-order valence-corrected chi connectivity index (χ0v) is 10.7. The Morgan fingerprint density at radius 2 is 1.80 bits per heavy atom. The van der Waals surface area contributed by atoms with Crippen LogP contribution in [0.1, 0.15) is 52.9 Å². The van der Waals surface area contributed by atoms with Gasteiger partial charge in [-0.1, -0.05) is 33.6 Å². The second kappa shape index (κ2) is 6.49. The highest BCUT2D eigenvalue weighted by molar-refractivity contribution is 4.74. The van der Waals surface area contributed by atoms with Gasteiger partial charge in [0.2, 0.25) is 0 Å². The van der Waals surface area contributed by atoms with Crippen LogP contribution in [0, 0.1) is 5.41 Å². The summed E-state index contributed by atoms with van der Waals surface area (Å²) in [7, 11) is 0. The van der Waals surface area contributed by atoms with E-state index in [0.29, 0.717) is 5.41 Å². The number of rotatable bonds is 7. The quantitative estimate of drug-likeness (QED) is 0.634. The van der Waals surface area contributed by atoms with E-state index in [1.54, 1.807) is 0 Å². The predicted octanol–water partition coefficient (Wildman–Crippen LogP) is 2.54. The molecule has 0 heterocycles. The minimum atomic E-state index is 0.452. The zero-order chi connectivity index (χ0) is 11.1. The molecule has 1 fully saturated rings. The molecule has 0 unspecified atom stereocenters. The molecule has 0 aromatic carbocycles. The average Bonchev–Trinajstić information content (AvgIpc) is 2.70. The Labute approximate surface area is 95.2 Å². The van der Waals surface area contributed by atoms with Gasteiger partial charge < -0.3 is 10.6 Å². The van der Waals surface area contributed by atoms with E-state index in [9.17, 15) is 0 Å². The summed E-state index contributed by atoms with van der Waals surface area (Å²) in [6, 6.07) is 0.811.